The van der Waals surface area contributed by atoms with Crippen molar-refractivity contribution in [2.24, 2.45) is 5.92 Å². The van der Waals surface area contributed by atoms with Gasteiger partial charge in [-0.05, 0) is 25.8 Å². The molecule has 2 aromatic heterocycles. The molecule has 2 fully saturated rings. The van der Waals surface area contributed by atoms with Gasteiger partial charge in [-0.25, -0.2) is 4.98 Å². The van der Waals surface area contributed by atoms with Crippen LogP contribution in [0.25, 0.3) is 11.1 Å². The number of rotatable bonds is 3. The predicted octanol–water partition coefficient (Wildman–Crippen LogP) is 1.49. The molecular formula is C18H22N6O. The number of carbonyl (C=O) groups is 1. The number of aryl methyl sites for hydroxylation is 1. The number of piperazine rings is 1. The molecule has 0 bridgehead atoms. The van der Waals surface area contributed by atoms with E-state index in [2.05, 4.69) is 19.9 Å². The van der Waals surface area contributed by atoms with E-state index in [9.17, 15) is 4.79 Å². The molecule has 4 rings (SSSR count). The van der Waals surface area contributed by atoms with Crippen LogP contribution >= 0.6 is 0 Å². The molecule has 1 aliphatic heterocycles. The van der Waals surface area contributed by atoms with Gasteiger partial charge in [-0.2, -0.15) is 4.98 Å². The van der Waals surface area contributed by atoms with Crippen LogP contribution < -0.4 is 10.6 Å². The normalized spacial score (nSPS) is 17.6. The Hall–Kier alpha value is -2.70. The van der Waals surface area contributed by atoms with Gasteiger partial charge in [0.25, 0.3) is 0 Å². The number of carbonyl (C=O) groups excluding carboxylic acids is 1. The highest BCUT2D eigenvalue weighted by Crippen LogP contribution is 2.34. The average molecular weight is 338 g/mol. The van der Waals surface area contributed by atoms with Crippen molar-refractivity contribution in [1.82, 2.24) is 19.9 Å². The summed E-state index contributed by atoms with van der Waals surface area (Å²) in [5.74, 6) is 1.69. The minimum absolute atomic E-state index is 0.273. The maximum Gasteiger partial charge on any atom is 0.225 e. The Morgan fingerprint density at radius 3 is 2.60 bits per heavy atom. The summed E-state index contributed by atoms with van der Waals surface area (Å²) in [5.41, 5.74) is 8.69. The molecule has 1 saturated heterocycles. The summed E-state index contributed by atoms with van der Waals surface area (Å²) in [6.07, 6.45) is 5.66. The summed E-state index contributed by atoms with van der Waals surface area (Å²) in [5, 5.41) is 0. The van der Waals surface area contributed by atoms with Gasteiger partial charge in [-0.3, -0.25) is 9.78 Å². The maximum absolute atomic E-state index is 12.3. The van der Waals surface area contributed by atoms with E-state index in [1.807, 2.05) is 30.2 Å². The molecule has 1 aliphatic carbocycles. The third-order valence-electron chi connectivity index (χ3n) is 4.86. The molecule has 7 heteroatoms. The van der Waals surface area contributed by atoms with Gasteiger partial charge in [0.15, 0.2) is 0 Å². The van der Waals surface area contributed by atoms with E-state index in [-0.39, 0.29) is 11.9 Å². The van der Waals surface area contributed by atoms with E-state index in [1.165, 1.54) is 0 Å². The van der Waals surface area contributed by atoms with Gasteiger partial charge in [0.1, 0.15) is 5.82 Å². The first-order valence-electron chi connectivity index (χ1n) is 8.71. The van der Waals surface area contributed by atoms with Crippen LogP contribution in [0.15, 0.2) is 24.5 Å². The molecule has 0 unspecified atom stereocenters. The summed E-state index contributed by atoms with van der Waals surface area (Å²) in [6.45, 7) is 4.90. The Morgan fingerprint density at radius 2 is 1.96 bits per heavy atom. The summed E-state index contributed by atoms with van der Waals surface area (Å²) in [6, 6.07) is 3.91. The van der Waals surface area contributed by atoms with E-state index in [4.69, 9.17) is 5.73 Å². The molecule has 130 valence electrons. The lowest BCUT2D eigenvalue weighted by molar-refractivity contribution is -0.132. The molecule has 2 aliphatic rings. The second-order valence-electron chi connectivity index (χ2n) is 6.69. The number of nitrogen functional groups attached to an aromatic ring is 1. The Morgan fingerprint density at radius 1 is 1.20 bits per heavy atom. The minimum Gasteiger partial charge on any atom is -0.368 e. The zero-order valence-electron chi connectivity index (χ0n) is 14.4. The first-order valence-corrected chi connectivity index (χ1v) is 8.71. The molecule has 2 N–H and O–H groups in total. The van der Waals surface area contributed by atoms with E-state index >= 15 is 0 Å². The highest BCUT2D eigenvalue weighted by atomic mass is 16.2. The average Bonchev–Trinajstić information content (AvgIpc) is 3.46. The third-order valence-corrected chi connectivity index (χ3v) is 4.86. The molecule has 2 aromatic rings. The van der Waals surface area contributed by atoms with Crippen LogP contribution in [-0.4, -0.2) is 51.9 Å². The monoisotopic (exact) mass is 338 g/mol. The first-order chi connectivity index (χ1) is 12.1. The van der Waals surface area contributed by atoms with Gasteiger partial charge in [-0.15, -0.1) is 0 Å². The second kappa shape index (κ2) is 6.31. The van der Waals surface area contributed by atoms with Gasteiger partial charge in [0, 0.05) is 55.6 Å². The van der Waals surface area contributed by atoms with E-state index in [0.29, 0.717) is 5.91 Å². The van der Waals surface area contributed by atoms with Crippen molar-refractivity contribution in [3.05, 3.63) is 30.2 Å². The largest absolute Gasteiger partial charge is 0.368 e. The number of nitrogens with zero attached hydrogens (tertiary/aromatic N) is 5. The van der Waals surface area contributed by atoms with Gasteiger partial charge in [0.2, 0.25) is 11.9 Å². The van der Waals surface area contributed by atoms with Crippen molar-refractivity contribution >= 4 is 17.7 Å². The molecular weight excluding hydrogens is 316 g/mol. The Balaban J connectivity index is 1.61. The molecule has 3 heterocycles. The fourth-order valence-corrected chi connectivity index (χ4v) is 3.38. The molecule has 1 amide bonds. The van der Waals surface area contributed by atoms with E-state index in [1.54, 1.807) is 6.20 Å². The van der Waals surface area contributed by atoms with Gasteiger partial charge < -0.3 is 15.5 Å². The van der Waals surface area contributed by atoms with Gasteiger partial charge in [-0.1, -0.05) is 6.07 Å². The third kappa shape index (κ3) is 3.14. The quantitative estimate of drug-likeness (QED) is 0.912. The smallest absolute Gasteiger partial charge is 0.225 e. The lowest BCUT2D eigenvalue weighted by Crippen LogP contribution is -2.49. The molecule has 25 heavy (non-hydrogen) atoms. The Labute approximate surface area is 146 Å². The standard InChI is InChI=1S/C18H22N6O/c1-12-15(14-3-2-6-20-11-14)16(22-18(19)21-12)23-7-9-24(10-8-23)17(25)13-4-5-13/h2-3,6,11,13H,4-5,7-10H2,1H3,(H2,19,21,22). The fourth-order valence-electron chi connectivity index (χ4n) is 3.38. The number of nitrogens with two attached hydrogens (primary N) is 1. The fraction of sp³-hybridized carbons (Fsp3) is 0.444. The second-order valence-corrected chi connectivity index (χ2v) is 6.69. The van der Waals surface area contributed by atoms with Gasteiger partial charge >= 0.3 is 0 Å². The number of amides is 1. The van der Waals surface area contributed by atoms with Crippen molar-refractivity contribution in [3.63, 3.8) is 0 Å². The van der Waals surface area contributed by atoms with Crippen LogP contribution in [0, 0.1) is 12.8 Å². The van der Waals surface area contributed by atoms with Crippen molar-refractivity contribution in [2.45, 2.75) is 19.8 Å². The highest BCUT2D eigenvalue weighted by molar-refractivity contribution is 5.82. The van der Waals surface area contributed by atoms with Crippen LogP contribution in [-0.2, 0) is 4.79 Å². The number of aromatic nitrogens is 3. The maximum atomic E-state index is 12.3. The van der Waals surface area contributed by atoms with Crippen LogP contribution in [0.2, 0.25) is 0 Å². The minimum atomic E-state index is 0.273. The van der Waals surface area contributed by atoms with Crippen molar-refractivity contribution in [1.29, 1.82) is 0 Å². The summed E-state index contributed by atoms with van der Waals surface area (Å²) < 4.78 is 0. The number of anilines is 2. The predicted molar refractivity (Wildman–Crippen MR) is 95.9 cm³/mol. The van der Waals surface area contributed by atoms with Crippen molar-refractivity contribution in [3.8, 4) is 11.1 Å². The molecule has 0 spiro atoms. The van der Waals surface area contributed by atoms with Gasteiger partial charge in [0.05, 0.1) is 5.69 Å². The number of hydrogen-bond acceptors (Lipinski definition) is 6. The lowest BCUT2D eigenvalue weighted by atomic mass is 10.1. The topological polar surface area (TPSA) is 88.2 Å². The molecule has 1 saturated carbocycles. The highest BCUT2D eigenvalue weighted by Gasteiger charge is 2.35. The summed E-state index contributed by atoms with van der Waals surface area (Å²) in [7, 11) is 0. The molecule has 0 atom stereocenters. The van der Waals surface area contributed by atoms with Crippen LogP contribution in [0.4, 0.5) is 11.8 Å². The Kier molecular flexibility index (Phi) is 3.99. The summed E-state index contributed by atoms with van der Waals surface area (Å²) in [4.78, 5) is 29.5. The number of hydrogen-bond donors (Lipinski definition) is 1. The van der Waals surface area contributed by atoms with E-state index in [0.717, 1.165) is 61.7 Å². The SMILES string of the molecule is Cc1nc(N)nc(N2CCN(C(=O)C3CC3)CC2)c1-c1cccnc1. The van der Waals surface area contributed by atoms with Crippen LogP contribution in [0.5, 0.6) is 0 Å². The first kappa shape index (κ1) is 15.8. The van der Waals surface area contributed by atoms with Crippen LogP contribution in [0.1, 0.15) is 18.5 Å². The lowest BCUT2D eigenvalue weighted by Gasteiger charge is -2.36. The van der Waals surface area contributed by atoms with Crippen molar-refractivity contribution < 1.29 is 4.79 Å². The Bertz CT molecular complexity index is 782. The molecule has 0 radical (unpaired) electrons. The van der Waals surface area contributed by atoms with E-state index < -0.39 is 0 Å². The van der Waals surface area contributed by atoms with Crippen molar-refractivity contribution in [2.75, 3.05) is 36.8 Å². The summed E-state index contributed by atoms with van der Waals surface area (Å²) >= 11 is 0. The zero-order chi connectivity index (χ0) is 17.4. The number of pyridine rings is 1. The van der Waals surface area contributed by atoms with Crippen LogP contribution in [0.3, 0.4) is 0 Å². The molecule has 7 nitrogen and oxygen atoms in total. The molecule has 0 aromatic carbocycles. The zero-order valence-corrected chi connectivity index (χ0v) is 14.4.